The number of rotatable bonds is 8. The molecule has 0 unspecified atom stereocenters. The van der Waals surface area contributed by atoms with Crippen LogP contribution in [0.5, 0.6) is 5.75 Å². The first kappa shape index (κ1) is 22.6. The van der Waals surface area contributed by atoms with Crippen LogP contribution in [0.4, 0.5) is 0 Å². The van der Waals surface area contributed by atoms with Crippen LogP contribution in [0.15, 0.2) is 48.5 Å². The molecule has 0 aromatic heterocycles. The number of hydrogen-bond acceptors (Lipinski definition) is 4. The summed E-state index contributed by atoms with van der Waals surface area (Å²) in [4.78, 5) is 35.5. The zero-order valence-corrected chi connectivity index (χ0v) is 17.9. The van der Waals surface area contributed by atoms with Gasteiger partial charge in [-0.1, -0.05) is 11.6 Å². The van der Waals surface area contributed by atoms with Gasteiger partial charge in [-0.3, -0.25) is 14.4 Å². The minimum absolute atomic E-state index is 0.0538. The van der Waals surface area contributed by atoms with Crippen LogP contribution in [0.1, 0.15) is 46.4 Å². The van der Waals surface area contributed by atoms with E-state index in [1.165, 1.54) is 0 Å². The number of carbonyl (C=O) groups is 3. The highest BCUT2D eigenvalue weighted by Crippen LogP contribution is 2.27. The lowest BCUT2D eigenvalue weighted by Crippen LogP contribution is -2.34. The molecular formula is C23H26ClN3O4. The van der Waals surface area contributed by atoms with E-state index in [9.17, 15) is 14.4 Å². The number of primary amides is 1. The van der Waals surface area contributed by atoms with Gasteiger partial charge >= 0.3 is 0 Å². The molecule has 2 aromatic rings. The van der Waals surface area contributed by atoms with Crippen molar-refractivity contribution in [2.75, 3.05) is 13.1 Å². The average molecular weight is 444 g/mol. The lowest BCUT2D eigenvalue weighted by Gasteiger charge is -2.27. The molecule has 1 aliphatic rings. The van der Waals surface area contributed by atoms with Crippen molar-refractivity contribution in [3.63, 3.8) is 0 Å². The van der Waals surface area contributed by atoms with E-state index >= 15 is 0 Å². The van der Waals surface area contributed by atoms with Crippen LogP contribution in [0.3, 0.4) is 0 Å². The second-order valence-corrected chi connectivity index (χ2v) is 7.97. The quantitative estimate of drug-likeness (QED) is 0.544. The highest BCUT2D eigenvalue weighted by Gasteiger charge is 2.25. The number of benzene rings is 2. The van der Waals surface area contributed by atoms with E-state index in [0.29, 0.717) is 35.0 Å². The average Bonchev–Trinajstić information content (AvgIpc) is 2.78. The van der Waals surface area contributed by atoms with Crippen LogP contribution in [0, 0.1) is 5.92 Å². The Balaban J connectivity index is 1.38. The molecule has 1 aliphatic carbocycles. The first-order chi connectivity index (χ1) is 14.9. The summed E-state index contributed by atoms with van der Waals surface area (Å²) in [6, 6.07) is 13.5. The molecule has 7 nitrogen and oxygen atoms in total. The third kappa shape index (κ3) is 6.72. The Morgan fingerprint density at radius 3 is 1.81 bits per heavy atom. The van der Waals surface area contributed by atoms with E-state index in [1.807, 2.05) is 0 Å². The molecule has 0 spiro atoms. The second-order valence-electron chi connectivity index (χ2n) is 7.54. The normalized spacial score (nSPS) is 18.1. The molecule has 0 aliphatic heterocycles. The molecule has 0 atom stereocenters. The number of nitrogens with two attached hydrogens (primary N) is 1. The Kier molecular flexibility index (Phi) is 7.89. The van der Waals surface area contributed by atoms with E-state index < -0.39 is 0 Å². The molecule has 3 amide bonds. The van der Waals surface area contributed by atoms with Gasteiger partial charge in [0.2, 0.25) is 5.91 Å². The summed E-state index contributed by atoms with van der Waals surface area (Å²) >= 11 is 5.81. The van der Waals surface area contributed by atoms with Crippen molar-refractivity contribution >= 4 is 29.3 Å². The molecule has 1 saturated carbocycles. The van der Waals surface area contributed by atoms with Crippen molar-refractivity contribution in [3.05, 3.63) is 64.7 Å². The molecule has 0 radical (unpaired) electrons. The van der Waals surface area contributed by atoms with Gasteiger partial charge in [0.25, 0.3) is 11.8 Å². The minimum atomic E-state index is -0.238. The minimum Gasteiger partial charge on any atom is -0.490 e. The number of amides is 3. The smallest absolute Gasteiger partial charge is 0.251 e. The van der Waals surface area contributed by atoms with Crippen LogP contribution >= 0.6 is 11.6 Å². The van der Waals surface area contributed by atoms with Crippen LogP contribution in [-0.4, -0.2) is 36.9 Å². The molecule has 31 heavy (non-hydrogen) atoms. The third-order valence-corrected chi connectivity index (χ3v) is 5.55. The maximum atomic E-state index is 12.3. The maximum absolute atomic E-state index is 12.3. The van der Waals surface area contributed by atoms with Gasteiger partial charge in [0.1, 0.15) is 5.75 Å². The lowest BCUT2D eigenvalue weighted by molar-refractivity contribution is -0.123. The number of nitrogens with one attached hydrogen (secondary N) is 2. The molecule has 164 valence electrons. The Bertz CT molecular complexity index is 907. The lowest BCUT2D eigenvalue weighted by atomic mass is 9.87. The molecule has 2 aromatic carbocycles. The van der Waals surface area contributed by atoms with Gasteiger partial charge in [-0.2, -0.15) is 0 Å². The monoisotopic (exact) mass is 443 g/mol. The fraction of sp³-hybridized carbons (Fsp3) is 0.348. The van der Waals surface area contributed by atoms with Crippen LogP contribution in [0.25, 0.3) is 0 Å². The summed E-state index contributed by atoms with van der Waals surface area (Å²) in [5.41, 5.74) is 6.37. The van der Waals surface area contributed by atoms with Gasteiger partial charge in [0, 0.05) is 35.2 Å². The fourth-order valence-electron chi connectivity index (χ4n) is 3.50. The molecule has 0 heterocycles. The molecule has 3 rings (SSSR count). The maximum Gasteiger partial charge on any atom is 0.251 e. The van der Waals surface area contributed by atoms with E-state index in [4.69, 9.17) is 22.1 Å². The van der Waals surface area contributed by atoms with Crippen molar-refractivity contribution in [3.8, 4) is 5.75 Å². The van der Waals surface area contributed by atoms with Gasteiger partial charge in [-0.05, 0) is 74.2 Å². The molecule has 0 bridgehead atoms. The SMILES string of the molecule is NC(=O)[C@H]1CC[C@@H](Oc2ccc(C(=O)NCCNC(=O)c3ccc(Cl)cc3)cc2)CC1. The molecule has 0 saturated heterocycles. The molecule has 4 N–H and O–H groups in total. The predicted molar refractivity (Wildman–Crippen MR) is 118 cm³/mol. The third-order valence-electron chi connectivity index (χ3n) is 5.30. The number of ether oxygens (including phenoxy) is 1. The summed E-state index contributed by atoms with van der Waals surface area (Å²) in [6.07, 6.45) is 3.12. The van der Waals surface area contributed by atoms with Crippen LogP contribution in [0.2, 0.25) is 5.02 Å². The van der Waals surface area contributed by atoms with E-state index in [1.54, 1.807) is 48.5 Å². The van der Waals surface area contributed by atoms with Crippen LogP contribution < -0.4 is 21.1 Å². The summed E-state index contributed by atoms with van der Waals surface area (Å²) < 4.78 is 5.95. The number of hydrogen-bond donors (Lipinski definition) is 3. The van der Waals surface area contributed by atoms with Crippen molar-refractivity contribution in [2.24, 2.45) is 11.7 Å². The fourth-order valence-corrected chi connectivity index (χ4v) is 3.63. The number of carbonyl (C=O) groups excluding carboxylic acids is 3. The standard InChI is InChI=1S/C23H26ClN3O4/c24-18-7-1-16(2-8-18)22(29)26-13-14-27-23(30)17-5-11-20(12-6-17)31-19-9-3-15(4-10-19)21(25)28/h1-2,5-8,11-12,15,19H,3-4,9-10,13-14H2,(H2,25,28)(H,26,29)(H,27,30)/t15-,19+. The second kappa shape index (κ2) is 10.8. The topological polar surface area (TPSA) is 111 Å². The summed E-state index contributed by atoms with van der Waals surface area (Å²) in [5, 5.41) is 6.08. The highest BCUT2D eigenvalue weighted by molar-refractivity contribution is 6.30. The van der Waals surface area contributed by atoms with Crippen molar-refractivity contribution in [1.82, 2.24) is 10.6 Å². The van der Waals surface area contributed by atoms with Crippen molar-refractivity contribution in [1.29, 1.82) is 0 Å². The predicted octanol–water partition coefficient (Wildman–Crippen LogP) is 2.92. The Labute approximate surface area is 186 Å². The highest BCUT2D eigenvalue weighted by atomic mass is 35.5. The molecule has 1 fully saturated rings. The van der Waals surface area contributed by atoms with Crippen molar-refractivity contribution < 1.29 is 19.1 Å². The van der Waals surface area contributed by atoms with E-state index in [0.717, 1.165) is 25.7 Å². The van der Waals surface area contributed by atoms with Gasteiger partial charge in [0.15, 0.2) is 0 Å². The summed E-state index contributed by atoms with van der Waals surface area (Å²) in [5.74, 6) is -0.0545. The van der Waals surface area contributed by atoms with Crippen molar-refractivity contribution in [2.45, 2.75) is 31.8 Å². The summed E-state index contributed by atoms with van der Waals surface area (Å²) in [7, 11) is 0. The Morgan fingerprint density at radius 2 is 1.32 bits per heavy atom. The first-order valence-corrected chi connectivity index (χ1v) is 10.7. The van der Waals surface area contributed by atoms with E-state index in [2.05, 4.69) is 10.6 Å². The van der Waals surface area contributed by atoms with Crippen LogP contribution in [-0.2, 0) is 4.79 Å². The summed E-state index contributed by atoms with van der Waals surface area (Å²) in [6.45, 7) is 0.613. The van der Waals surface area contributed by atoms with Gasteiger partial charge in [-0.15, -0.1) is 0 Å². The van der Waals surface area contributed by atoms with Gasteiger partial charge in [-0.25, -0.2) is 0 Å². The number of halogens is 1. The largest absolute Gasteiger partial charge is 0.490 e. The zero-order valence-electron chi connectivity index (χ0n) is 17.1. The van der Waals surface area contributed by atoms with Gasteiger partial charge < -0.3 is 21.1 Å². The van der Waals surface area contributed by atoms with E-state index in [-0.39, 0.29) is 29.7 Å². The first-order valence-electron chi connectivity index (χ1n) is 10.3. The Morgan fingerprint density at radius 1 is 0.839 bits per heavy atom. The Hall–Kier alpha value is -3.06. The van der Waals surface area contributed by atoms with Gasteiger partial charge in [0.05, 0.1) is 6.10 Å². The molecular weight excluding hydrogens is 418 g/mol. The molecule has 8 heteroatoms. The zero-order chi connectivity index (χ0) is 22.2.